The fraction of sp³-hybridized carbons (Fsp3) is 0.478. The molecule has 0 saturated carbocycles. The van der Waals surface area contributed by atoms with Gasteiger partial charge in [0.05, 0.1) is 6.61 Å². The Morgan fingerprint density at radius 2 is 2.18 bits per heavy atom. The third-order valence-electron chi connectivity index (χ3n) is 6.10. The summed E-state index contributed by atoms with van der Waals surface area (Å²) in [7, 11) is 1.84. The van der Waals surface area contributed by atoms with Crippen molar-refractivity contribution in [3.8, 4) is 5.88 Å². The smallest absolute Gasteiger partial charge is 0.327 e. The largest absolute Gasteiger partial charge is 0.476 e. The molecule has 1 fully saturated rings. The van der Waals surface area contributed by atoms with Crippen LogP contribution in [0, 0.1) is 0 Å². The number of urea groups is 1. The third-order valence-corrected chi connectivity index (χ3v) is 6.10. The first-order valence-electron chi connectivity index (χ1n) is 11.4. The first-order chi connectivity index (χ1) is 15.8. The van der Waals surface area contributed by atoms with Crippen LogP contribution in [0.2, 0.25) is 0 Å². The summed E-state index contributed by atoms with van der Waals surface area (Å²) in [6.45, 7) is 10.1. The summed E-state index contributed by atoms with van der Waals surface area (Å²) in [5.41, 5.74) is 3.43. The Hall–Kier alpha value is -3.40. The van der Waals surface area contributed by atoms with Crippen molar-refractivity contribution in [1.29, 1.82) is 0 Å². The average molecular weight is 451 g/mol. The molecule has 0 unspecified atom stereocenters. The van der Waals surface area contributed by atoms with Crippen molar-refractivity contribution in [1.82, 2.24) is 25.1 Å². The van der Waals surface area contributed by atoms with Gasteiger partial charge in [-0.15, -0.1) is 0 Å². The second-order valence-electron chi connectivity index (χ2n) is 9.19. The van der Waals surface area contributed by atoms with E-state index < -0.39 is 0 Å². The van der Waals surface area contributed by atoms with Crippen molar-refractivity contribution in [2.75, 3.05) is 47.9 Å². The zero-order valence-corrected chi connectivity index (χ0v) is 19.6. The molecule has 0 radical (unpaired) electrons. The molecule has 1 saturated heterocycles. The maximum Gasteiger partial charge on any atom is 0.327 e. The highest BCUT2D eigenvalue weighted by molar-refractivity contribution is 6.04. The number of carbonyl (C=O) groups excluding carboxylic acids is 1. The molecule has 174 valence electrons. The quantitative estimate of drug-likeness (QED) is 0.630. The molecule has 2 aliphatic heterocycles. The Morgan fingerprint density at radius 3 is 2.97 bits per heavy atom. The van der Waals surface area contributed by atoms with Crippen molar-refractivity contribution < 1.29 is 9.53 Å². The lowest BCUT2D eigenvalue weighted by Gasteiger charge is -2.41. The lowest BCUT2D eigenvalue weighted by molar-refractivity contribution is 0.257. The SMILES string of the molecule is CCOc1nc2nn(C)cc2cc1NC(=O)N1CCc2c(N3CCNC(C)(C)C3)ccnc21. The van der Waals surface area contributed by atoms with Gasteiger partial charge in [-0.3, -0.25) is 9.58 Å². The number of piperazine rings is 1. The zero-order chi connectivity index (χ0) is 23.2. The number of aromatic nitrogens is 4. The van der Waals surface area contributed by atoms with Crippen LogP contribution in [-0.2, 0) is 13.5 Å². The summed E-state index contributed by atoms with van der Waals surface area (Å²) in [6, 6.07) is 3.67. The molecule has 5 rings (SSSR count). The summed E-state index contributed by atoms with van der Waals surface area (Å²) in [5.74, 6) is 1.08. The van der Waals surface area contributed by atoms with Gasteiger partial charge in [-0.05, 0) is 39.3 Å². The van der Waals surface area contributed by atoms with E-state index >= 15 is 0 Å². The molecule has 5 heterocycles. The number of fused-ring (bicyclic) bond motifs is 2. The van der Waals surface area contributed by atoms with Crippen molar-refractivity contribution in [2.45, 2.75) is 32.7 Å². The molecular weight excluding hydrogens is 420 g/mol. The van der Waals surface area contributed by atoms with Gasteiger partial charge in [-0.25, -0.2) is 9.78 Å². The number of nitrogens with one attached hydrogen (secondary N) is 2. The summed E-state index contributed by atoms with van der Waals surface area (Å²) < 4.78 is 7.38. The van der Waals surface area contributed by atoms with Gasteiger partial charge in [0.25, 0.3) is 0 Å². The van der Waals surface area contributed by atoms with Gasteiger partial charge in [-0.2, -0.15) is 10.1 Å². The predicted octanol–water partition coefficient (Wildman–Crippen LogP) is 2.54. The van der Waals surface area contributed by atoms with Gasteiger partial charge in [0, 0.05) is 67.8 Å². The topological polar surface area (TPSA) is 100 Å². The van der Waals surface area contributed by atoms with E-state index in [1.165, 1.54) is 5.69 Å². The molecule has 10 heteroatoms. The molecule has 2 N–H and O–H groups in total. The van der Waals surface area contributed by atoms with Gasteiger partial charge in [0.1, 0.15) is 11.5 Å². The molecule has 0 aromatic carbocycles. The first kappa shape index (κ1) is 21.4. The summed E-state index contributed by atoms with van der Waals surface area (Å²) >= 11 is 0. The van der Waals surface area contributed by atoms with Gasteiger partial charge < -0.3 is 20.3 Å². The normalized spacial score (nSPS) is 17.3. The van der Waals surface area contributed by atoms with E-state index in [1.807, 2.05) is 26.2 Å². The Morgan fingerprint density at radius 1 is 1.33 bits per heavy atom. The van der Waals surface area contributed by atoms with Crippen LogP contribution < -0.4 is 25.2 Å². The lowest BCUT2D eigenvalue weighted by atomic mass is 10.0. The summed E-state index contributed by atoms with van der Waals surface area (Å²) in [4.78, 5) is 26.5. The van der Waals surface area contributed by atoms with E-state index in [0.29, 0.717) is 30.4 Å². The first-order valence-corrected chi connectivity index (χ1v) is 11.4. The standard InChI is InChI=1S/C23H30N8O2/c1-5-33-21-17(12-15-13-29(4)28-19(15)27-21)26-22(32)31-10-7-16-18(6-8-24-20(16)31)30-11-9-25-23(2,3)14-30/h6,8,12-13,25H,5,7,9-11,14H2,1-4H3,(H,26,32). The molecule has 0 bridgehead atoms. The van der Waals surface area contributed by atoms with Crippen LogP contribution in [0.4, 0.5) is 22.0 Å². The second kappa shape index (κ2) is 8.18. The average Bonchev–Trinajstić information content (AvgIpc) is 3.35. The Bertz CT molecular complexity index is 1200. The van der Waals surface area contributed by atoms with Crippen LogP contribution in [0.25, 0.3) is 11.0 Å². The minimum Gasteiger partial charge on any atom is -0.476 e. The minimum absolute atomic E-state index is 0.0394. The molecule has 0 atom stereocenters. The van der Waals surface area contributed by atoms with Crippen LogP contribution in [0.1, 0.15) is 26.3 Å². The molecule has 10 nitrogen and oxygen atoms in total. The van der Waals surface area contributed by atoms with E-state index in [2.05, 4.69) is 50.5 Å². The van der Waals surface area contributed by atoms with E-state index in [4.69, 9.17) is 4.74 Å². The van der Waals surface area contributed by atoms with E-state index in [9.17, 15) is 4.79 Å². The maximum absolute atomic E-state index is 13.3. The van der Waals surface area contributed by atoms with Crippen LogP contribution in [0.5, 0.6) is 5.88 Å². The Kier molecular flexibility index (Phi) is 5.32. The van der Waals surface area contributed by atoms with E-state index in [0.717, 1.165) is 42.8 Å². The lowest BCUT2D eigenvalue weighted by Crippen LogP contribution is -2.57. The van der Waals surface area contributed by atoms with Crippen LogP contribution in [0.3, 0.4) is 0 Å². The number of hydrogen-bond acceptors (Lipinski definition) is 7. The molecule has 0 aliphatic carbocycles. The van der Waals surface area contributed by atoms with Crippen molar-refractivity contribution in [3.63, 3.8) is 0 Å². The number of amides is 2. The van der Waals surface area contributed by atoms with Gasteiger partial charge in [-0.1, -0.05) is 0 Å². The highest BCUT2D eigenvalue weighted by atomic mass is 16.5. The monoisotopic (exact) mass is 450 g/mol. The van der Waals surface area contributed by atoms with E-state index in [-0.39, 0.29) is 11.6 Å². The third kappa shape index (κ3) is 4.06. The molecule has 3 aromatic rings. The van der Waals surface area contributed by atoms with E-state index in [1.54, 1.807) is 15.8 Å². The van der Waals surface area contributed by atoms with Crippen molar-refractivity contribution in [2.24, 2.45) is 7.05 Å². The number of hydrogen-bond donors (Lipinski definition) is 2. The van der Waals surface area contributed by atoms with Gasteiger partial charge >= 0.3 is 6.03 Å². The summed E-state index contributed by atoms with van der Waals surface area (Å²) in [5, 5.41) is 11.7. The number of ether oxygens (including phenoxy) is 1. The highest BCUT2D eigenvalue weighted by Crippen LogP contribution is 2.36. The molecule has 33 heavy (non-hydrogen) atoms. The molecule has 2 aliphatic rings. The van der Waals surface area contributed by atoms with Crippen molar-refractivity contribution in [3.05, 3.63) is 30.1 Å². The van der Waals surface area contributed by atoms with Gasteiger partial charge in [0.2, 0.25) is 5.88 Å². The van der Waals surface area contributed by atoms with Gasteiger partial charge in [0.15, 0.2) is 5.65 Å². The number of anilines is 3. The van der Waals surface area contributed by atoms with Crippen LogP contribution >= 0.6 is 0 Å². The fourth-order valence-corrected chi connectivity index (χ4v) is 4.69. The Balaban J connectivity index is 1.41. The summed E-state index contributed by atoms with van der Waals surface area (Å²) in [6.07, 6.45) is 4.43. The maximum atomic E-state index is 13.3. The minimum atomic E-state index is -0.245. The molecule has 2 amide bonds. The number of pyridine rings is 2. The number of aryl methyl sites for hydroxylation is 1. The molecular formula is C23H30N8O2. The molecule has 0 spiro atoms. The number of nitrogens with zero attached hydrogens (tertiary/aromatic N) is 6. The Labute approximate surface area is 192 Å². The zero-order valence-electron chi connectivity index (χ0n) is 19.6. The number of rotatable bonds is 4. The molecule has 3 aromatic heterocycles. The van der Waals surface area contributed by atoms with Crippen molar-refractivity contribution >= 4 is 34.3 Å². The second-order valence-corrected chi connectivity index (χ2v) is 9.19. The fourth-order valence-electron chi connectivity index (χ4n) is 4.69. The van der Waals surface area contributed by atoms with Crippen LogP contribution in [0.15, 0.2) is 24.5 Å². The predicted molar refractivity (Wildman–Crippen MR) is 128 cm³/mol. The highest BCUT2D eigenvalue weighted by Gasteiger charge is 2.33. The number of carbonyl (C=O) groups is 1. The van der Waals surface area contributed by atoms with Crippen LogP contribution in [-0.4, -0.2) is 64.1 Å².